The molecule has 1 heterocycles. The van der Waals surface area contributed by atoms with Gasteiger partial charge in [0.15, 0.2) is 0 Å². The molecule has 4 aliphatic carbocycles. The van der Waals surface area contributed by atoms with Gasteiger partial charge in [-0.05, 0) is 81.3 Å². The third kappa shape index (κ3) is 1.73. The van der Waals surface area contributed by atoms with Crippen molar-refractivity contribution in [3.05, 3.63) is 23.0 Å². The van der Waals surface area contributed by atoms with Gasteiger partial charge in [0.1, 0.15) is 0 Å². The van der Waals surface area contributed by atoms with Gasteiger partial charge in [0, 0.05) is 30.4 Å². The summed E-state index contributed by atoms with van der Waals surface area (Å²) in [6, 6.07) is 2.45. The molecule has 4 bridgehead atoms. The van der Waals surface area contributed by atoms with Crippen LogP contribution in [0.15, 0.2) is 6.07 Å². The Labute approximate surface area is 122 Å². The second-order valence-corrected chi connectivity index (χ2v) is 7.58. The highest BCUT2D eigenvalue weighted by atomic mass is 15.0. The molecule has 0 unspecified atom stereocenters. The van der Waals surface area contributed by atoms with Gasteiger partial charge in [0.2, 0.25) is 0 Å². The molecule has 4 fully saturated rings. The molecule has 1 aromatic heterocycles. The predicted molar refractivity (Wildman–Crippen MR) is 82.5 cm³/mol. The van der Waals surface area contributed by atoms with E-state index < -0.39 is 0 Å². The molecule has 5 rings (SSSR count). The number of nitrogens with zero attached hydrogens (tertiary/aromatic N) is 1. The van der Waals surface area contributed by atoms with Crippen molar-refractivity contribution in [2.45, 2.75) is 65.0 Å². The highest BCUT2D eigenvalue weighted by molar-refractivity contribution is 5.31. The molecular weight excluding hydrogens is 244 g/mol. The first-order valence-electron chi connectivity index (χ1n) is 8.60. The summed E-state index contributed by atoms with van der Waals surface area (Å²) < 4.78 is 2.56. The van der Waals surface area contributed by atoms with E-state index in [1.54, 1.807) is 12.1 Å². The smallest absolute Gasteiger partial charge is 0.0217 e. The van der Waals surface area contributed by atoms with E-state index in [-0.39, 0.29) is 0 Å². The predicted octanol–water partition coefficient (Wildman–Crippen LogP) is 3.81. The van der Waals surface area contributed by atoms with E-state index in [1.165, 1.54) is 36.9 Å². The van der Waals surface area contributed by atoms with E-state index in [9.17, 15) is 0 Å². The van der Waals surface area contributed by atoms with Crippen LogP contribution in [0.4, 0.5) is 0 Å². The summed E-state index contributed by atoms with van der Waals surface area (Å²) in [5.74, 6) is 4.90. The van der Waals surface area contributed by atoms with Gasteiger partial charge in [-0.15, -0.1) is 0 Å². The molecule has 110 valence electrons. The van der Waals surface area contributed by atoms with Crippen LogP contribution in [0.1, 0.15) is 61.9 Å². The molecule has 0 radical (unpaired) electrons. The molecule has 0 spiro atoms. The van der Waals surface area contributed by atoms with Gasteiger partial charge in [-0.2, -0.15) is 0 Å². The summed E-state index contributed by atoms with van der Waals surface area (Å²) in [5, 5.41) is 0. The van der Waals surface area contributed by atoms with Crippen molar-refractivity contribution in [2.75, 3.05) is 0 Å². The summed E-state index contributed by atoms with van der Waals surface area (Å²) in [6.45, 7) is 6.33. The lowest BCUT2D eigenvalue weighted by Gasteiger charge is -2.54. The Kier molecular flexibility index (Phi) is 2.99. The Morgan fingerprint density at radius 3 is 2.20 bits per heavy atom. The summed E-state index contributed by atoms with van der Waals surface area (Å²) >= 11 is 0. The van der Waals surface area contributed by atoms with Crippen molar-refractivity contribution in [3.63, 3.8) is 0 Å². The molecule has 0 aliphatic heterocycles. The molecule has 0 saturated heterocycles. The number of hydrogen-bond acceptors (Lipinski definition) is 1. The maximum absolute atomic E-state index is 5.95. The van der Waals surface area contributed by atoms with E-state index in [0.717, 1.165) is 36.1 Å². The van der Waals surface area contributed by atoms with Crippen LogP contribution in [-0.2, 0) is 13.1 Å². The zero-order chi connectivity index (χ0) is 13.9. The topological polar surface area (TPSA) is 30.9 Å². The van der Waals surface area contributed by atoms with Crippen molar-refractivity contribution < 1.29 is 0 Å². The average molecular weight is 272 g/mol. The summed E-state index contributed by atoms with van der Waals surface area (Å²) in [6.07, 6.45) is 7.56. The fourth-order valence-corrected chi connectivity index (χ4v) is 6.04. The van der Waals surface area contributed by atoms with Crippen LogP contribution in [0, 0.1) is 30.6 Å². The molecule has 2 heteroatoms. The molecular formula is C18H28N2. The second kappa shape index (κ2) is 4.62. The summed E-state index contributed by atoms with van der Waals surface area (Å²) in [7, 11) is 0. The highest BCUT2D eigenvalue weighted by Crippen LogP contribution is 2.60. The quantitative estimate of drug-likeness (QED) is 0.891. The van der Waals surface area contributed by atoms with Gasteiger partial charge < -0.3 is 10.3 Å². The number of rotatable bonds is 3. The molecule has 0 atom stereocenters. The first kappa shape index (κ1) is 12.9. The van der Waals surface area contributed by atoms with Crippen LogP contribution >= 0.6 is 0 Å². The average Bonchev–Trinajstić information content (AvgIpc) is 2.73. The fourth-order valence-electron chi connectivity index (χ4n) is 6.04. The monoisotopic (exact) mass is 272 g/mol. The number of hydrogen-bond donors (Lipinski definition) is 1. The minimum Gasteiger partial charge on any atom is -0.349 e. The standard InChI is InChI=1S/C18H28N2/c1-3-20-11(2)16(10-19)9-17(20)18-14-5-12-4-13(7-14)8-15(18)6-12/h9,12-15,18H,3-8,10,19H2,1-2H3. The first-order valence-corrected chi connectivity index (χ1v) is 8.60. The zero-order valence-corrected chi connectivity index (χ0v) is 12.9. The maximum atomic E-state index is 5.95. The molecule has 2 N–H and O–H groups in total. The van der Waals surface area contributed by atoms with Crippen LogP contribution in [0.3, 0.4) is 0 Å². The van der Waals surface area contributed by atoms with Gasteiger partial charge in [-0.3, -0.25) is 0 Å². The normalized spacial score (nSPS) is 38.6. The molecule has 4 saturated carbocycles. The minimum atomic E-state index is 0.694. The zero-order valence-electron chi connectivity index (χ0n) is 12.9. The van der Waals surface area contributed by atoms with E-state index in [1.807, 2.05) is 0 Å². The lowest BCUT2D eigenvalue weighted by Crippen LogP contribution is -2.44. The highest BCUT2D eigenvalue weighted by Gasteiger charge is 2.49. The number of aromatic nitrogens is 1. The van der Waals surface area contributed by atoms with Crippen LogP contribution in [0.25, 0.3) is 0 Å². The van der Waals surface area contributed by atoms with Crippen molar-refractivity contribution in [3.8, 4) is 0 Å². The molecule has 1 aromatic rings. The molecule has 4 aliphatic rings. The maximum Gasteiger partial charge on any atom is 0.0217 e. The Morgan fingerprint density at radius 2 is 1.70 bits per heavy atom. The lowest BCUT2D eigenvalue weighted by molar-refractivity contribution is -0.00526. The lowest BCUT2D eigenvalue weighted by atomic mass is 9.51. The molecule has 20 heavy (non-hydrogen) atoms. The first-order chi connectivity index (χ1) is 9.71. The fraction of sp³-hybridized carbons (Fsp3) is 0.778. The molecule has 0 aromatic carbocycles. The minimum absolute atomic E-state index is 0.694. The van der Waals surface area contributed by atoms with Crippen LogP contribution in [-0.4, -0.2) is 4.57 Å². The van der Waals surface area contributed by atoms with Crippen molar-refractivity contribution >= 4 is 0 Å². The van der Waals surface area contributed by atoms with E-state index in [0.29, 0.717) is 6.54 Å². The number of nitrogens with two attached hydrogens (primary N) is 1. The van der Waals surface area contributed by atoms with E-state index in [4.69, 9.17) is 5.73 Å². The summed E-state index contributed by atoms with van der Waals surface area (Å²) in [5.41, 5.74) is 10.4. The van der Waals surface area contributed by atoms with Gasteiger partial charge in [-0.1, -0.05) is 0 Å². The Balaban J connectivity index is 1.74. The second-order valence-electron chi connectivity index (χ2n) is 7.58. The van der Waals surface area contributed by atoms with E-state index in [2.05, 4.69) is 24.5 Å². The SMILES string of the molecule is CCn1c(C2C3CC4CC(C3)CC2C4)cc(CN)c1C. The van der Waals surface area contributed by atoms with Crippen molar-refractivity contribution in [1.29, 1.82) is 0 Å². The van der Waals surface area contributed by atoms with Gasteiger partial charge >= 0.3 is 0 Å². The van der Waals surface area contributed by atoms with Gasteiger partial charge in [-0.25, -0.2) is 0 Å². The Bertz CT molecular complexity index is 486. The van der Waals surface area contributed by atoms with Gasteiger partial charge in [0.25, 0.3) is 0 Å². The van der Waals surface area contributed by atoms with Gasteiger partial charge in [0.05, 0.1) is 0 Å². The van der Waals surface area contributed by atoms with Crippen LogP contribution < -0.4 is 5.73 Å². The van der Waals surface area contributed by atoms with Crippen molar-refractivity contribution in [2.24, 2.45) is 29.4 Å². The Hall–Kier alpha value is -0.760. The third-order valence-corrected chi connectivity index (χ3v) is 6.61. The summed E-state index contributed by atoms with van der Waals surface area (Å²) in [4.78, 5) is 0. The Morgan fingerprint density at radius 1 is 1.10 bits per heavy atom. The van der Waals surface area contributed by atoms with Crippen LogP contribution in [0.5, 0.6) is 0 Å². The van der Waals surface area contributed by atoms with Crippen LogP contribution in [0.2, 0.25) is 0 Å². The molecule has 2 nitrogen and oxygen atoms in total. The third-order valence-electron chi connectivity index (χ3n) is 6.61. The molecule has 0 amide bonds. The van der Waals surface area contributed by atoms with Crippen molar-refractivity contribution in [1.82, 2.24) is 4.57 Å². The largest absolute Gasteiger partial charge is 0.349 e. The van der Waals surface area contributed by atoms with E-state index >= 15 is 0 Å².